The molecule has 1 amide bonds. The molecule has 1 aliphatic rings. The number of aromatic nitrogens is 4. The standard InChI is InChI=1S/C24H23N7OS/c1-14-15(2)33-23-21(14)22(19-7-9-20(10-8-19)26-17(4)32)29-30(13-18-6-5-11-25-12-18)24-28-27-16(3)31(23)24/h5-12H,13H2,1-4H3,(H,26,32). The highest BCUT2D eigenvalue weighted by atomic mass is 32.1. The van der Waals surface area contributed by atoms with Gasteiger partial charge in [0.2, 0.25) is 5.91 Å². The Kier molecular flexibility index (Phi) is 5.26. The summed E-state index contributed by atoms with van der Waals surface area (Å²) in [5.41, 5.74) is 5.84. The fraction of sp³-hybridized carbons (Fsp3) is 0.208. The van der Waals surface area contributed by atoms with Gasteiger partial charge < -0.3 is 5.32 Å². The Bertz CT molecular complexity index is 1370. The van der Waals surface area contributed by atoms with Crippen molar-refractivity contribution in [3.8, 4) is 5.00 Å². The molecule has 0 unspecified atom stereocenters. The number of amides is 1. The predicted molar refractivity (Wildman–Crippen MR) is 130 cm³/mol. The molecule has 1 N–H and O–H groups in total. The van der Waals surface area contributed by atoms with Crippen molar-refractivity contribution < 1.29 is 4.79 Å². The molecule has 1 aliphatic heterocycles. The number of carbonyl (C=O) groups is 1. The van der Waals surface area contributed by atoms with Crippen LogP contribution in [0.5, 0.6) is 0 Å². The molecular formula is C24H23N7OS. The number of anilines is 2. The van der Waals surface area contributed by atoms with E-state index in [4.69, 9.17) is 5.10 Å². The Morgan fingerprint density at radius 1 is 1.09 bits per heavy atom. The first-order valence-electron chi connectivity index (χ1n) is 10.6. The highest BCUT2D eigenvalue weighted by Crippen LogP contribution is 2.38. The Hall–Kier alpha value is -3.85. The zero-order valence-corrected chi connectivity index (χ0v) is 19.6. The highest BCUT2D eigenvalue weighted by molar-refractivity contribution is 7.15. The van der Waals surface area contributed by atoms with Crippen LogP contribution >= 0.6 is 11.3 Å². The van der Waals surface area contributed by atoms with Crippen LogP contribution in [0.4, 0.5) is 11.6 Å². The Morgan fingerprint density at radius 3 is 2.58 bits per heavy atom. The fourth-order valence-electron chi connectivity index (χ4n) is 3.90. The summed E-state index contributed by atoms with van der Waals surface area (Å²) in [6, 6.07) is 11.7. The summed E-state index contributed by atoms with van der Waals surface area (Å²) < 4.78 is 2.08. The summed E-state index contributed by atoms with van der Waals surface area (Å²) in [5, 5.41) is 19.7. The summed E-state index contributed by atoms with van der Waals surface area (Å²) in [6.45, 7) is 8.22. The maximum absolute atomic E-state index is 11.4. The van der Waals surface area contributed by atoms with E-state index in [0.717, 1.165) is 38.9 Å². The third-order valence-electron chi connectivity index (χ3n) is 5.60. The second kappa shape index (κ2) is 8.25. The first-order valence-corrected chi connectivity index (χ1v) is 11.4. The van der Waals surface area contributed by atoms with Crippen LogP contribution in [0.3, 0.4) is 0 Å². The van der Waals surface area contributed by atoms with E-state index in [9.17, 15) is 4.79 Å². The highest BCUT2D eigenvalue weighted by Gasteiger charge is 2.30. The Morgan fingerprint density at radius 2 is 1.88 bits per heavy atom. The zero-order valence-electron chi connectivity index (χ0n) is 18.8. The lowest BCUT2D eigenvalue weighted by Crippen LogP contribution is -2.20. The number of benzene rings is 1. The lowest BCUT2D eigenvalue weighted by molar-refractivity contribution is -0.114. The minimum atomic E-state index is -0.0998. The van der Waals surface area contributed by atoms with Crippen LogP contribution in [0.1, 0.15) is 39.9 Å². The van der Waals surface area contributed by atoms with Crippen LogP contribution in [-0.2, 0) is 11.3 Å². The van der Waals surface area contributed by atoms with Crippen LogP contribution in [0.15, 0.2) is 53.9 Å². The lowest BCUT2D eigenvalue weighted by Gasteiger charge is -2.18. The van der Waals surface area contributed by atoms with Crippen molar-refractivity contribution in [2.24, 2.45) is 5.10 Å². The van der Waals surface area contributed by atoms with Gasteiger partial charge in [0.15, 0.2) is 0 Å². The molecular weight excluding hydrogens is 434 g/mol. The van der Waals surface area contributed by atoms with Gasteiger partial charge in [-0.25, -0.2) is 5.01 Å². The topological polar surface area (TPSA) is 88.3 Å². The predicted octanol–water partition coefficient (Wildman–Crippen LogP) is 4.38. The maximum Gasteiger partial charge on any atom is 0.253 e. The monoisotopic (exact) mass is 457 g/mol. The molecule has 0 radical (unpaired) electrons. The van der Waals surface area contributed by atoms with Crippen LogP contribution in [-0.4, -0.2) is 31.4 Å². The second-order valence-corrected chi connectivity index (χ2v) is 9.18. The second-order valence-electron chi connectivity index (χ2n) is 7.97. The van der Waals surface area contributed by atoms with Gasteiger partial charge in [-0.3, -0.25) is 14.3 Å². The van der Waals surface area contributed by atoms with Crippen molar-refractivity contribution in [2.45, 2.75) is 34.2 Å². The Balaban J connectivity index is 1.70. The number of hydrogen-bond acceptors (Lipinski definition) is 7. The maximum atomic E-state index is 11.4. The van der Waals surface area contributed by atoms with Gasteiger partial charge in [-0.1, -0.05) is 18.2 Å². The molecule has 0 fully saturated rings. The van der Waals surface area contributed by atoms with Gasteiger partial charge in [-0.15, -0.1) is 21.5 Å². The molecule has 166 valence electrons. The molecule has 0 saturated heterocycles. The van der Waals surface area contributed by atoms with Gasteiger partial charge in [-0.2, -0.15) is 5.10 Å². The molecule has 1 aromatic carbocycles. The number of aryl methyl sites for hydroxylation is 2. The number of fused-ring (bicyclic) bond motifs is 3. The molecule has 0 aliphatic carbocycles. The summed E-state index contributed by atoms with van der Waals surface area (Å²) in [5.74, 6) is 1.38. The molecule has 0 spiro atoms. The van der Waals surface area contributed by atoms with E-state index in [0.29, 0.717) is 12.5 Å². The van der Waals surface area contributed by atoms with E-state index < -0.39 is 0 Å². The summed E-state index contributed by atoms with van der Waals surface area (Å²) in [6.07, 6.45) is 3.59. The van der Waals surface area contributed by atoms with E-state index in [-0.39, 0.29) is 5.91 Å². The van der Waals surface area contributed by atoms with Gasteiger partial charge in [0.1, 0.15) is 16.5 Å². The number of nitrogens with zero attached hydrogens (tertiary/aromatic N) is 6. The lowest BCUT2D eigenvalue weighted by atomic mass is 10.00. The fourth-order valence-corrected chi connectivity index (χ4v) is 5.11. The molecule has 3 aromatic heterocycles. The molecule has 0 atom stereocenters. The first-order chi connectivity index (χ1) is 15.9. The quantitative estimate of drug-likeness (QED) is 0.491. The first kappa shape index (κ1) is 21.0. The summed E-state index contributed by atoms with van der Waals surface area (Å²) in [7, 11) is 0. The molecule has 33 heavy (non-hydrogen) atoms. The normalized spacial score (nSPS) is 12.6. The van der Waals surface area contributed by atoms with E-state index in [1.54, 1.807) is 17.5 Å². The van der Waals surface area contributed by atoms with Gasteiger partial charge in [0, 0.05) is 41.0 Å². The van der Waals surface area contributed by atoms with Crippen molar-refractivity contribution in [3.05, 3.63) is 81.7 Å². The number of hydrazone groups is 1. The van der Waals surface area contributed by atoms with E-state index in [1.807, 2.05) is 54.5 Å². The molecule has 8 nitrogen and oxygen atoms in total. The third kappa shape index (κ3) is 3.80. The smallest absolute Gasteiger partial charge is 0.253 e. The molecule has 0 saturated carbocycles. The average molecular weight is 458 g/mol. The van der Waals surface area contributed by atoms with Crippen molar-refractivity contribution in [3.63, 3.8) is 0 Å². The largest absolute Gasteiger partial charge is 0.326 e. The number of nitrogens with one attached hydrogen (secondary N) is 1. The van der Waals surface area contributed by atoms with Crippen molar-refractivity contribution in [2.75, 3.05) is 10.3 Å². The number of carbonyl (C=O) groups excluding carboxylic acids is 1. The minimum Gasteiger partial charge on any atom is -0.326 e. The van der Waals surface area contributed by atoms with Crippen molar-refractivity contribution >= 4 is 34.6 Å². The summed E-state index contributed by atoms with van der Waals surface area (Å²) in [4.78, 5) is 16.9. The minimum absolute atomic E-state index is 0.0998. The van der Waals surface area contributed by atoms with E-state index in [1.165, 1.54) is 17.4 Å². The van der Waals surface area contributed by atoms with Crippen LogP contribution in [0.2, 0.25) is 0 Å². The molecule has 4 heterocycles. The van der Waals surface area contributed by atoms with Gasteiger partial charge in [0.25, 0.3) is 5.95 Å². The van der Waals surface area contributed by atoms with E-state index in [2.05, 4.69) is 38.9 Å². The molecule has 9 heteroatoms. The average Bonchev–Trinajstić information content (AvgIpc) is 3.27. The number of thiophene rings is 1. The van der Waals surface area contributed by atoms with E-state index >= 15 is 0 Å². The van der Waals surface area contributed by atoms with Gasteiger partial charge >= 0.3 is 0 Å². The number of pyridine rings is 1. The molecule has 4 aromatic rings. The Labute approximate surface area is 195 Å². The van der Waals surface area contributed by atoms with Crippen LogP contribution in [0.25, 0.3) is 5.00 Å². The third-order valence-corrected chi connectivity index (χ3v) is 6.79. The number of hydrogen-bond donors (Lipinski definition) is 1. The van der Waals surface area contributed by atoms with Gasteiger partial charge in [-0.05, 0) is 50.1 Å². The van der Waals surface area contributed by atoms with Crippen molar-refractivity contribution in [1.82, 2.24) is 19.7 Å². The zero-order chi connectivity index (χ0) is 23.1. The van der Waals surface area contributed by atoms with Crippen molar-refractivity contribution in [1.29, 1.82) is 0 Å². The van der Waals surface area contributed by atoms with Crippen LogP contribution in [0, 0.1) is 20.8 Å². The molecule has 0 bridgehead atoms. The van der Waals surface area contributed by atoms with Crippen LogP contribution < -0.4 is 10.3 Å². The number of rotatable bonds is 4. The molecule has 5 rings (SSSR count). The summed E-state index contributed by atoms with van der Waals surface area (Å²) >= 11 is 1.72. The SMILES string of the molecule is CC(=O)Nc1ccc(C2=NN(Cc3cccnc3)c3nnc(C)n3-c3sc(C)c(C)c32)cc1. The van der Waals surface area contributed by atoms with Gasteiger partial charge in [0.05, 0.1) is 6.54 Å².